The third-order valence-corrected chi connectivity index (χ3v) is 20.6. The molecule has 18 heteroatoms. The quantitative estimate of drug-likeness (QED) is 0.0182. The smallest absolute Gasteiger partial charge is 0.189 e. The zero-order valence-electron chi connectivity index (χ0n) is 74.2. The van der Waals surface area contributed by atoms with Crippen molar-refractivity contribution < 1.29 is 57.2 Å². The average Bonchev–Trinajstić information content (AvgIpc) is 1.69. The first-order valence-electron chi connectivity index (χ1n) is 43.7. The Morgan fingerprint density at radius 1 is 0.227 bits per heavy atom. The predicted octanol–water partition coefficient (Wildman–Crippen LogP) is 26.8. The topological polar surface area (TPSA) is 253 Å². The number of benzene rings is 12. The second kappa shape index (κ2) is 47.6. The van der Waals surface area contributed by atoms with Gasteiger partial charge in [-0.2, -0.15) is 0 Å². The largest absolute Gasteiger partial charge is 0.494 e. The van der Waals surface area contributed by atoms with E-state index in [1.165, 1.54) is 0 Å². The molecule has 12 aromatic carbocycles. The van der Waals surface area contributed by atoms with Gasteiger partial charge in [0.1, 0.15) is 34.5 Å². The number of ketones is 6. The number of carbonyl (C=O) groups excluding carboxylic acids is 6. The summed E-state index contributed by atoms with van der Waals surface area (Å²) < 4.78 is 32.6. The third kappa shape index (κ3) is 26.6. The van der Waals surface area contributed by atoms with Crippen LogP contribution in [0.1, 0.15) is 137 Å². The fourth-order valence-corrected chi connectivity index (χ4v) is 14.1. The number of hydrogen-bond acceptors (Lipinski definition) is 12. The summed E-state index contributed by atoms with van der Waals surface area (Å²) in [5, 5.41) is 6.79. The van der Waals surface area contributed by atoms with Crippen molar-refractivity contribution in [2.45, 2.75) is 41.5 Å². The standard InChI is InChI=1S/6C19H17NO2/c1-2-22-17-7-5-15(6-8-17)19(21)10-4-14-3-9-18-16(13-14)11-12-20-18;1-2-22-19-10-6-4-8-16(19)18(21)12-11-15-13-14-7-3-5-9-17(14)20-15;1-2-22-17-8-5-7-15(13-17)19(21)11-10-16-12-14-6-3-4-9-18(14)20-16;1-2-22-17-5-3-4-16(13-17)19(21)9-7-14-6-8-18-15(12-14)10-11-20-18;1-2-22-17-10-7-14(8-11-17)19(21)12-9-16-13-15-5-3-4-6-18(15)20-16;1-2-22-19-6-4-3-5-16(19)18(21)10-8-14-7-9-17-15(13-14)11-12-20-17/h6*3-13,20H,2H2,1H3/b10-4+;12-11+;11-10+;9-7+;12-9+;10-8+. The molecule has 0 bridgehead atoms. The highest BCUT2D eigenvalue weighted by Gasteiger charge is 2.14. The van der Waals surface area contributed by atoms with Crippen molar-refractivity contribution in [3.8, 4) is 34.5 Å². The molecule has 0 aliphatic heterocycles. The number of aromatic amines is 6. The van der Waals surface area contributed by atoms with Crippen molar-refractivity contribution in [3.05, 3.63) is 432 Å². The Hall–Kier alpha value is -16.9. The average molecular weight is 1750 g/mol. The van der Waals surface area contributed by atoms with Crippen molar-refractivity contribution in [2.24, 2.45) is 0 Å². The minimum Gasteiger partial charge on any atom is -0.494 e. The van der Waals surface area contributed by atoms with Crippen molar-refractivity contribution in [1.29, 1.82) is 0 Å². The van der Waals surface area contributed by atoms with Crippen LogP contribution in [0.2, 0.25) is 0 Å². The molecule has 18 nitrogen and oxygen atoms in total. The van der Waals surface area contributed by atoms with Crippen LogP contribution in [0.25, 0.3) is 102 Å². The second-order valence-electron chi connectivity index (χ2n) is 29.8. The van der Waals surface area contributed by atoms with E-state index >= 15 is 0 Å². The van der Waals surface area contributed by atoms with E-state index in [9.17, 15) is 28.8 Å². The van der Waals surface area contributed by atoms with Gasteiger partial charge < -0.3 is 58.3 Å². The molecule has 0 radical (unpaired) electrons. The van der Waals surface area contributed by atoms with Crippen molar-refractivity contribution >= 4 is 137 Å². The molecule has 6 aromatic heterocycles. The molecule has 0 spiro atoms. The highest BCUT2D eigenvalue weighted by molar-refractivity contribution is 6.11. The molecule has 660 valence electrons. The molecule has 0 aliphatic carbocycles. The number of hydrogen-bond donors (Lipinski definition) is 6. The van der Waals surface area contributed by atoms with Gasteiger partial charge in [0.25, 0.3) is 0 Å². The van der Waals surface area contributed by atoms with E-state index in [2.05, 4.69) is 29.9 Å². The van der Waals surface area contributed by atoms with Crippen molar-refractivity contribution in [2.75, 3.05) is 39.6 Å². The van der Waals surface area contributed by atoms with Gasteiger partial charge in [-0.15, -0.1) is 0 Å². The molecule has 0 amide bonds. The van der Waals surface area contributed by atoms with E-state index in [0.29, 0.717) is 90.3 Å². The number of allylic oxidation sites excluding steroid dienone is 6. The van der Waals surface area contributed by atoms with Crippen LogP contribution in [0.5, 0.6) is 34.5 Å². The second-order valence-corrected chi connectivity index (χ2v) is 29.8. The molecule has 0 saturated heterocycles. The first-order valence-corrected chi connectivity index (χ1v) is 43.7. The van der Waals surface area contributed by atoms with Gasteiger partial charge in [-0.1, -0.05) is 140 Å². The third-order valence-electron chi connectivity index (χ3n) is 20.6. The number of para-hydroxylation sites is 5. The van der Waals surface area contributed by atoms with E-state index in [1.807, 2.05) is 327 Å². The minimum atomic E-state index is -0.0669. The molecule has 0 fully saturated rings. The Balaban J connectivity index is 0.000000135. The van der Waals surface area contributed by atoms with Crippen LogP contribution in [0.15, 0.2) is 364 Å². The summed E-state index contributed by atoms with van der Waals surface area (Å²) in [4.78, 5) is 92.8. The lowest BCUT2D eigenvalue weighted by molar-refractivity contribution is 0.103. The van der Waals surface area contributed by atoms with Crippen LogP contribution in [-0.4, -0.2) is 104 Å². The number of ether oxygens (including phenoxy) is 6. The van der Waals surface area contributed by atoms with Crippen LogP contribution < -0.4 is 28.4 Å². The van der Waals surface area contributed by atoms with Gasteiger partial charge in [0, 0.05) is 91.0 Å². The Bertz CT molecular complexity index is 6830. The highest BCUT2D eigenvalue weighted by atomic mass is 16.5. The fraction of sp³-hybridized carbons (Fsp3) is 0.105. The molecule has 0 atom stereocenters. The number of carbonyl (C=O) groups is 6. The van der Waals surface area contributed by atoms with E-state index in [-0.39, 0.29) is 34.7 Å². The molecule has 6 N–H and O–H groups in total. The summed E-state index contributed by atoms with van der Waals surface area (Å²) in [5.74, 6) is 4.00. The fourth-order valence-electron chi connectivity index (χ4n) is 14.1. The molecule has 18 aromatic rings. The van der Waals surface area contributed by atoms with E-state index < -0.39 is 0 Å². The first-order chi connectivity index (χ1) is 64.6. The summed E-state index contributed by atoms with van der Waals surface area (Å²) in [7, 11) is 0. The van der Waals surface area contributed by atoms with Gasteiger partial charge in [-0.05, 0) is 333 Å². The van der Waals surface area contributed by atoms with Crippen LogP contribution in [0, 0.1) is 0 Å². The normalized spacial score (nSPS) is 11.1. The molecule has 0 saturated carbocycles. The van der Waals surface area contributed by atoms with E-state index in [0.717, 1.165) is 116 Å². The lowest BCUT2D eigenvalue weighted by atomic mass is 10.1. The van der Waals surface area contributed by atoms with Crippen molar-refractivity contribution in [1.82, 2.24) is 29.9 Å². The monoisotopic (exact) mass is 1750 g/mol. The number of H-pyrrole nitrogens is 6. The van der Waals surface area contributed by atoms with Crippen LogP contribution in [-0.2, 0) is 0 Å². The van der Waals surface area contributed by atoms with Gasteiger partial charge >= 0.3 is 0 Å². The highest BCUT2D eigenvalue weighted by Crippen LogP contribution is 2.27. The first kappa shape index (κ1) is 92.8. The van der Waals surface area contributed by atoms with E-state index in [1.54, 1.807) is 115 Å². The van der Waals surface area contributed by atoms with Crippen molar-refractivity contribution in [3.63, 3.8) is 0 Å². The number of nitrogens with one attached hydrogen (secondary N) is 6. The Kier molecular flexibility index (Phi) is 33.5. The molecule has 0 unspecified atom stereocenters. The zero-order valence-corrected chi connectivity index (χ0v) is 74.2. The van der Waals surface area contributed by atoms with Gasteiger partial charge in [-0.25, -0.2) is 0 Å². The SMILES string of the molecule is CCOc1ccc(C(=O)/C=C/c2cc3ccccc3[nH]2)cc1.CCOc1ccc(C(=O)/C=C/c2ccc3[nH]ccc3c2)cc1.CCOc1cccc(C(=O)/C=C/c2cc3ccccc3[nH]2)c1.CCOc1cccc(C(=O)/C=C/c2ccc3[nH]ccc3c2)c1.CCOc1ccccc1C(=O)/C=C/c1cc2ccccc2[nH]1.CCOc1ccccc1C(=O)/C=C/c1ccc2[nH]ccc2c1. The summed E-state index contributed by atoms with van der Waals surface area (Å²) in [6.45, 7) is 15.0. The van der Waals surface area contributed by atoms with Crippen LogP contribution in [0.3, 0.4) is 0 Å². The molecule has 18 rings (SSSR count). The Morgan fingerprint density at radius 3 is 0.856 bits per heavy atom. The van der Waals surface area contributed by atoms with E-state index in [4.69, 9.17) is 28.4 Å². The number of aromatic nitrogens is 6. The molecule has 0 aliphatic rings. The summed E-state index contributed by atoms with van der Waals surface area (Å²) in [6.07, 6.45) is 26.1. The Labute approximate surface area is 766 Å². The van der Waals surface area contributed by atoms with Gasteiger partial charge in [-0.3, -0.25) is 28.8 Å². The maximum atomic E-state index is 12.4. The Morgan fingerprint density at radius 2 is 0.515 bits per heavy atom. The number of rotatable bonds is 30. The lowest BCUT2D eigenvalue weighted by Crippen LogP contribution is -2.01. The van der Waals surface area contributed by atoms with Gasteiger partial charge in [0.05, 0.1) is 50.8 Å². The molecule has 132 heavy (non-hydrogen) atoms. The van der Waals surface area contributed by atoms with Gasteiger partial charge in [0.15, 0.2) is 34.7 Å². The van der Waals surface area contributed by atoms with Crippen LogP contribution in [0.4, 0.5) is 0 Å². The van der Waals surface area contributed by atoms with Gasteiger partial charge in [0.2, 0.25) is 0 Å². The molecular weight excluding hydrogens is 1650 g/mol. The lowest BCUT2D eigenvalue weighted by Gasteiger charge is -2.06. The number of fused-ring (bicyclic) bond motifs is 6. The minimum absolute atomic E-state index is 0.0165. The maximum Gasteiger partial charge on any atom is 0.189 e. The maximum absolute atomic E-state index is 12.4. The van der Waals surface area contributed by atoms with Crippen LogP contribution >= 0.6 is 0 Å². The summed E-state index contributed by atoms with van der Waals surface area (Å²) >= 11 is 0. The summed E-state index contributed by atoms with van der Waals surface area (Å²) in [6, 6.07) is 97.8. The molecule has 6 heterocycles. The molecular formula is C114H102N6O12. The summed E-state index contributed by atoms with van der Waals surface area (Å²) in [5.41, 5.74) is 15.9. The predicted molar refractivity (Wildman–Crippen MR) is 536 cm³/mol. The zero-order chi connectivity index (χ0) is 92.2.